The number of carbonyl (C=O) groups is 2. The summed E-state index contributed by atoms with van der Waals surface area (Å²) in [5, 5.41) is 4.45. The van der Waals surface area contributed by atoms with E-state index < -0.39 is 5.97 Å². The highest BCUT2D eigenvalue weighted by Gasteiger charge is 2.24. The summed E-state index contributed by atoms with van der Waals surface area (Å²) >= 11 is 0. The minimum absolute atomic E-state index is 0.129. The molecule has 138 valence electrons. The number of piperidine rings is 1. The average molecular weight is 355 g/mol. The van der Waals surface area contributed by atoms with Crippen LogP contribution in [0.3, 0.4) is 0 Å². The molecule has 2 aromatic rings. The van der Waals surface area contributed by atoms with Gasteiger partial charge in [-0.25, -0.2) is 9.48 Å². The van der Waals surface area contributed by atoms with Gasteiger partial charge in [-0.2, -0.15) is 5.10 Å². The van der Waals surface area contributed by atoms with Gasteiger partial charge in [0.15, 0.2) is 6.61 Å². The van der Waals surface area contributed by atoms with Crippen molar-refractivity contribution in [1.29, 1.82) is 0 Å². The molecule has 1 saturated heterocycles. The molecule has 3 rings (SSSR count). The Hall–Kier alpha value is -2.63. The summed E-state index contributed by atoms with van der Waals surface area (Å²) in [5.41, 5.74) is 2.60. The van der Waals surface area contributed by atoms with Gasteiger partial charge in [0.1, 0.15) is 5.56 Å². The second kappa shape index (κ2) is 7.72. The van der Waals surface area contributed by atoms with Crippen molar-refractivity contribution in [1.82, 2.24) is 14.7 Å². The SMILES string of the molecule is Cc1nn(-c2ccccc2)c(C)c1C(=O)OCC(=O)N1CCC(C)CC1. The molecule has 26 heavy (non-hydrogen) atoms. The van der Waals surface area contributed by atoms with Crippen LogP contribution >= 0.6 is 0 Å². The first-order valence-electron chi connectivity index (χ1n) is 9.04. The molecule has 0 radical (unpaired) electrons. The standard InChI is InChI=1S/C20H25N3O3/c1-14-9-11-22(12-10-14)18(24)13-26-20(25)19-15(2)21-23(16(19)3)17-7-5-4-6-8-17/h4-8,14H,9-13H2,1-3H3. The molecule has 0 spiro atoms. The molecule has 1 aromatic heterocycles. The van der Waals surface area contributed by atoms with Crippen molar-refractivity contribution in [3.8, 4) is 5.69 Å². The number of rotatable bonds is 4. The smallest absolute Gasteiger partial charge is 0.342 e. The van der Waals surface area contributed by atoms with Crippen molar-refractivity contribution in [3.05, 3.63) is 47.3 Å². The lowest BCUT2D eigenvalue weighted by Crippen LogP contribution is -2.40. The normalized spacial score (nSPS) is 15.1. The van der Waals surface area contributed by atoms with Crippen LogP contribution in [0.5, 0.6) is 0 Å². The Morgan fingerprint density at radius 1 is 1.15 bits per heavy atom. The number of esters is 1. The maximum atomic E-state index is 12.5. The summed E-state index contributed by atoms with van der Waals surface area (Å²) in [6, 6.07) is 9.62. The molecule has 0 aliphatic carbocycles. The molecule has 1 amide bonds. The van der Waals surface area contributed by atoms with Crippen LogP contribution in [-0.2, 0) is 9.53 Å². The first-order chi connectivity index (χ1) is 12.5. The number of likely N-dealkylation sites (tertiary alicyclic amines) is 1. The second-order valence-corrected chi connectivity index (χ2v) is 6.93. The zero-order valence-corrected chi connectivity index (χ0v) is 15.6. The lowest BCUT2D eigenvalue weighted by atomic mass is 9.99. The van der Waals surface area contributed by atoms with Crippen LogP contribution in [0, 0.1) is 19.8 Å². The van der Waals surface area contributed by atoms with Gasteiger partial charge >= 0.3 is 5.97 Å². The van der Waals surface area contributed by atoms with Crippen molar-refractivity contribution in [2.45, 2.75) is 33.6 Å². The number of amides is 1. The van der Waals surface area contributed by atoms with E-state index in [1.807, 2.05) is 37.3 Å². The van der Waals surface area contributed by atoms with Gasteiger partial charge in [-0.15, -0.1) is 0 Å². The van der Waals surface area contributed by atoms with Crippen molar-refractivity contribution < 1.29 is 14.3 Å². The zero-order valence-electron chi connectivity index (χ0n) is 15.6. The van der Waals surface area contributed by atoms with Gasteiger partial charge in [0.25, 0.3) is 5.91 Å². The van der Waals surface area contributed by atoms with Crippen LogP contribution in [0.15, 0.2) is 30.3 Å². The van der Waals surface area contributed by atoms with E-state index in [1.165, 1.54) is 0 Å². The van der Waals surface area contributed by atoms with Gasteiger partial charge in [0, 0.05) is 13.1 Å². The number of nitrogens with zero attached hydrogens (tertiary/aromatic N) is 3. The first kappa shape index (κ1) is 18.2. The first-order valence-corrected chi connectivity index (χ1v) is 9.04. The molecular formula is C20H25N3O3. The summed E-state index contributed by atoms with van der Waals surface area (Å²) in [7, 11) is 0. The van der Waals surface area contributed by atoms with Gasteiger partial charge < -0.3 is 9.64 Å². The quantitative estimate of drug-likeness (QED) is 0.791. The number of ether oxygens (including phenoxy) is 1. The lowest BCUT2D eigenvalue weighted by molar-refractivity contribution is -0.135. The minimum Gasteiger partial charge on any atom is -0.452 e. The number of hydrogen-bond donors (Lipinski definition) is 0. The van der Waals surface area contributed by atoms with Crippen LogP contribution in [0.4, 0.5) is 0 Å². The highest BCUT2D eigenvalue weighted by atomic mass is 16.5. The van der Waals surface area contributed by atoms with Gasteiger partial charge in [0.05, 0.1) is 17.1 Å². The number of benzene rings is 1. The summed E-state index contributed by atoms with van der Waals surface area (Å²) < 4.78 is 7.02. The van der Waals surface area contributed by atoms with Crippen LogP contribution in [0.1, 0.15) is 41.5 Å². The van der Waals surface area contributed by atoms with E-state index in [1.54, 1.807) is 16.5 Å². The molecule has 1 aromatic carbocycles. The minimum atomic E-state index is -0.499. The molecule has 0 atom stereocenters. The predicted octanol–water partition coefficient (Wildman–Crippen LogP) is 2.90. The Balaban J connectivity index is 1.67. The summed E-state index contributed by atoms with van der Waals surface area (Å²) in [6.45, 7) is 7.05. The molecule has 6 nitrogen and oxygen atoms in total. The highest BCUT2D eigenvalue weighted by Crippen LogP contribution is 2.19. The molecule has 0 bridgehead atoms. The topological polar surface area (TPSA) is 64.4 Å². The Kier molecular flexibility index (Phi) is 5.40. The van der Waals surface area contributed by atoms with Crippen molar-refractivity contribution in [3.63, 3.8) is 0 Å². The van der Waals surface area contributed by atoms with Gasteiger partial charge in [-0.3, -0.25) is 4.79 Å². The van der Waals surface area contributed by atoms with Crippen LogP contribution in [0.2, 0.25) is 0 Å². The maximum Gasteiger partial charge on any atom is 0.342 e. The third kappa shape index (κ3) is 3.79. The largest absolute Gasteiger partial charge is 0.452 e. The Bertz CT molecular complexity index is 790. The number of para-hydroxylation sites is 1. The lowest BCUT2D eigenvalue weighted by Gasteiger charge is -2.30. The molecule has 1 aliphatic rings. The van der Waals surface area contributed by atoms with E-state index in [0.29, 0.717) is 22.9 Å². The van der Waals surface area contributed by atoms with E-state index in [9.17, 15) is 9.59 Å². The molecule has 1 fully saturated rings. The Morgan fingerprint density at radius 2 is 1.81 bits per heavy atom. The van der Waals surface area contributed by atoms with E-state index in [2.05, 4.69) is 12.0 Å². The fourth-order valence-electron chi connectivity index (χ4n) is 3.31. The molecule has 0 saturated carbocycles. The molecule has 1 aliphatic heterocycles. The number of hydrogen-bond acceptors (Lipinski definition) is 4. The Labute approximate surface area is 153 Å². The van der Waals surface area contributed by atoms with Crippen LogP contribution < -0.4 is 0 Å². The van der Waals surface area contributed by atoms with Crippen molar-refractivity contribution in [2.24, 2.45) is 5.92 Å². The summed E-state index contributed by atoms with van der Waals surface area (Å²) in [5.74, 6) is 0.0210. The monoisotopic (exact) mass is 355 g/mol. The highest BCUT2D eigenvalue weighted by molar-refractivity contribution is 5.93. The zero-order chi connectivity index (χ0) is 18.7. The average Bonchev–Trinajstić information content (AvgIpc) is 2.95. The number of aryl methyl sites for hydroxylation is 1. The van der Waals surface area contributed by atoms with Gasteiger partial charge in [0.2, 0.25) is 0 Å². The summed E-state index contributed by atoms with van der Waals surface area (Å²) in [4.78, 5) is 26.6. The van der Waals surface area contributed by atoms with Gasteiger partial charge in [-0.1, -0.05) is 25.1 Å². The maximum absolute atomic E-state index is 12.5. The van der Waals surface area contributed by atoms with Gasteiger partial charge in [-0.05, 0) is 44.7 Å². The fraction of sp³-hybridized carbons (Fsp3) is 0.450. The number of carbonyl (C=O) groups excluding carboxylic acids is 2. The molecule has 6 heteroatoms. The predicted molar refractivity (Wildman–Crippen MR) is 98.3 cm³/mol. The van der Waals surface area contributed by atoms with Crippen LogP contribution in [-0.4, -0.2) is 46.3 Å². The third-order valence-electron chi connectivity index (χ3n) is 4.96. The molecular weight excluding hydrogens is 330 g/mol. The van der Waals surface area contributed by atoms with E-state index in [4.69, 9.17) is 4.74 Å². The van der Waals surface area contributed by atoms with E-state index in [0.717, 1.165) is 31.6 Å². The molecule has 2 heterocycles. The summed E-state index contributed by atoms with van der Waals surface area (Å²) in [6.07, 6.45) is 2.00. The number of aromatic nitrogens is 2. The van der Waals surface area contributed by atoms with Crippen LogP contribution in [0.25, 0.3) is 5.69 Å². The second-order valence-electron chi connectivity index (χ2n) is 6.93. The molecule has 0 N–H and O–H groups in total. The molecule has 0 unspecified atom stereocenters. The van der Waals surface area contributed by atoms with E-state index >= 15 is 0 Å². The van der Waals surface area contributed by atoms with Crippen molar-refractivity contribution in [2.75, 3.05) is 19.7 Å². The third-order valence-corrected chi connectivity index (χ3v) is 4.96. The van der Waals surface area contributed by atoms with E-state index in [-0.39, 0.29) is 12.5 Å². The fourth-order valence-corrected chi connectivity index (χ4v) is 3.31. The Morgan fingerprint density at radius 3 is 2.46 bits per heavy atom. The van der Waals surface area contributed by atoms with Crippen molar-refractivity contribution >= 4 is 11.9 Å².